The smallest absolute Gasteiger partial charge is 0.219 e. The molecular formula is C27H28N4O2. The topological polar surface area (TPSA) is 58.4 Å². The van der Waals surface area contributed by atoms with Crippen LogP contribution in [0.4, 0.5) is 5.82 Å². The summed E-state index contributed by atoms with van der Waals surface area (Å²) in [6.07, 6.45) is 5.64. The molecule has 3 aromatic rings. The molecule has 1 aromatic heterocycles. The highest BCUT2D eigenvalue weighted by Crippen LogP contribution is 2.40. The molecule has 0 spiro atoms. The van der Waals surface area contributed by atoms with Gasteiger partial charge in [0, 0.05) is 38.7 Å². The first-order chi connectivity index (χ1) is 16.1. The predicted octanol–water partition coefficient (Wildman–Crippen LogP) is 4.30. The number of imidazole rings is 1. The largest absolute Gasteiger partial charge is 0.343 e. The van der Waals surface area contributed by atoms with Gasteiger partial charge in [-0.2, -0.15) is 0 Å². The number of hydrogen-bond donors (Lipinski definition) is 0. The second-order valence-electron chi connectivity index (χ2n) is 9.07. The highest BCUT2D eigenvalue weighted by atomic mass is 16.2. The van der Waals surface area contributed by atoms with Crippen molar-refractivity contribution in [2.75, 3.05) is 24.5 Å². The summed E-state index contributed by atoms with van der Waals surface area (Å²) in [7, 11) is 0. The summed E-state index contributed by atoms with van der Waals surface area (Å²) in [5.41, 5.74) is 3.74. The summed E-state index contributed by atoms with van der Waals surface area (Å²) in [6.45, 7) is 6.80. The van der Waals surface area contributed by atoms with Crippen molar-refractivity contribution in [3.63, 3.8) is 0 Å². The number of anilines is 1. The van der Waals surface area contributed by atoms with Crippen LogP contribution in [0.15, 0.2) is 66.3 Å². The Morgan fingerprint density at radius 3 is 2.64 bits per heavy atom. The van der Waals surface area contributed by atoms with E-state index in [-0.39, 0.29) is 5.91 Å². The van der Waals surface area contributed by atoms with Gasteiger partial charge >= 0.3 is 0 Å². The number of rotatable bonds is 4. The summed E-state index contributed by atoms with van der Waals surface area (Å²) in [6, 6.07) is 14.5. The molecule has 2 aliphatic heterocycles. The summed E-state index contributed by atoms with van der Waals surface area (Å²) in [4.78, 5) is 32.3. The number of fused-ring (bicyclic) bond motifs is 1. The number of piperidine rings is 1. The van der Waals surface area contributed by atoms with Crippen molar-refractivity contribution >= 4 is 34.0 Å². The van der Waals surface area contributed by atoms with Crippen LogP contribution in [0, 0.1) is 5.92 Å². The lowest BCUT2D eigenvalue weighted by atomic mass is 9.95. The van der Waals surface area contributed by atoms with E-state index in [9.17, 15) is 9.59 Å². The normalized spacial score (nSPS) is 17.2. The van der Waals surface area contributed by atoms with Crippen LogP contribution in [-0.2, 0) is 16.1 Å². The van der Waals surface area contributed by atoms with E-state index in [1.165, 1.54) is 0 Å². The van der Waals surface area contributed by atoms with Gasteiger partial charge < -0.3 is 14.4 Å². The van der Waals surface area contributed by atoms with Gasteiger partial charge in [0.1, 0.15) is 11.5 Å². The number of carbonyl (C=O) groups excluding carboxylic acids is 2. The molecule has 1 fully saturated rings. The van der Waals surface area contributed by atoms with Gasteiger partial charge in [0.05, 0.1) is 12.5 Å². The molecule has 0 radical (unpaired) electrons. The number of nitrogens with zero attached hydrogens (tertiary/aromatic N) is 4. The van der Waals surface area contributed by atoms with Crippen molar-refractivity contribution in [3.8, 4) is 0 Å². The number of hydrogen-bond acceptors (Lipinski definition) is 4. The van der Waals surface area contributed by atoms with Gasteiger partial charge in [0.25, 0.3) is 0 Å². The third-order valence-corrected chi connectivity index (χ3v) is 6.97. The molecule has 5 rings (SSSR count). The van der Waals surface area contributed by atoms with Crippen molar-refractivity contribution in [2.45, 2.75) is 33.2 Å². The van der Waals surface area contributed by atoms with Crippen LogP contribution in [0.3, 0.4) is 0 Å². The fourth-order valence-corrected chi connectivity index (χ4v) is 5.22. The quantitative estimate of drug-likeness (QED) is 0.568. The van der Waals surface area contributed by atoms with Crippen LogP contribution >= 0.6 is 0 Å². The van der Waals surface area contributed by atoms with Crippen LogP contribution in [0.5, 0.6) is 0 Å². The highest BCUT2D eigenvalue weighted by molar-refractivity contribution is 6.04. The van der Waals surface area contributed by atoms with Crippen LogP contribution < -0.4 is 4.90 Å². The first-order valence-corrected chi connectivity index (χ1v) is 11.5. The monoisotopic (exact) mass is 440 g/mol. The molecule has 2 aromatic carbocycles. The average molecular weight is 441 g/mol. The Morgan fingerprint density at radius 1 is 1.12 bits per heavy atom. The zero-order valence-corrected chi connectivity index (χ0v) is 19.1. The molecular weight excluding hydrogens is 412 g/mol. The first-order valence-electron chi connectivity index (χ1n) is 11.5. The molecule has 6 heteroatoms. The Kier molecular flexibility index (Phi) is 5.61. The molecule has 0 bridgehead atoms. The second kappa shape index (κ2) is 8.72. The van der Waals surface area contributed by atoms with Gasteiger partial charge in [0.2, 0.25) is 5.91 Å². The Bertz CT molecular complexity index is 1280. The van der Waals surface area contributed by atoms with Crippen molar-refractivity contribution < 1.29 is 9.59 Å². The molecule has 0 N–H and O–H groups in total. The Hall–Kier alpha value is -3.63. The lowest BCUT2D eigenvalue weighted by molar-refractivity contribution is -0.130. The Balaban J connectivity index is 1.42. The number of likely N-dealkylation sites (tertiary alicyclic amines) is 1. The SMILES string of the molecule is CC(=O)N1CCC(Cn2cncc2N2CC(C)=C(c3cccc4ccccc34)C2=C=O)CC1. The summed E-state index contributed by atoms with van der Waals surface area (Å²) < 4.78 is 2.14. The molecule has 2 aliphatic rings. The Labute approximate surface area is 193 Å². The molecule has 33 heavy (non-hydrogen) atoms. The molecule has 0 atom stereocenters. The fourth-order valence-electron chi connectivity index (χ4n) is 5.22. The minimum absolute atomic E-state index is 0.150. The van der Waals surface area contributed by atoms with Crippen LogP contribution in [0.2, 0.25) is 0 Å². The van der Waals surface area contributed by atoms with Gasteiger partial charge in [-0.3, -0.25) is 4.79 Å². The number of carbonyl (C=O) groups is 1. The third kappa shape index (κ3) is 3.87. The zero-order valence-electron chi connectivity index (χ0n) is 19.1. The molecule has 6 nitrogen and oxygen atoms in total. The molecule has 1 saturated heterocycles. The van der Waals surface area contributed by atoms with Gasteiger partial charge in [-0.25, -0.2) is 9.78 Å². The van der Waals surface area contributed by atoms with E-state index in [1.54, 1.807) is 6.92 Å². The molecule has 168 valence electrons. The Morgan fingerprint density at radius 2 is 1.88 bits per heavy atom. The molecule has 3 heterocycles. The minimum Gasteiger partial charge on any atom is -0.343 e. The maximum atomic E-state index is 12.3. The zero-order chi connectivity index (χ0) is 22.9. The first kappa shape index (κ1) is 21.2. The number of amides is 1. The van der Waals surface area contributed by atoms with E-state index in [0.717, 1.165) is 65.8 Å². The van der Waals surface area contributed by atoms with Crippen molar-refractivity contribution in [1.82, 2.24) is 14.5 Å². The van der Waals surface area contributed by atoms with Gasteiger partial charge in [-0.05, 0) is 47.6 Å². The van der Waals surface area contributed by atoms with Gasteiger partial charge in [0.15, 0.2) is 5.94 Å². The maximum Gasteiger partial charge on any atom is 0.219 e. The van der Waals surface area contributed by atoms with Crippen molar-refractivity contribution in [3.05, 3.63) is 71.8 Å². The number of allylic oxidation sites excluding steroid dienone is 1. The number of aromatic nitrogens is 2. The summed E-state index contributed by atoms with van der Waals surface area (Å²) in [5.74, 6) is 3.79. The van der Waals surface area contributed by atoms with E-state index in [0.29, 0.717) is 18.2 Å². The van der Waals surface area contributed by atoms with Gasteiger partial charge in [-0.1, -0.05) is 42.5 Å². The van der Waals surface area contributed by atoms with Crippen molar-refractivity contribution in [2.24, 2.45) is 5.92 Å². The molecule has 0 aliphatic carbocycles. The van der Waals surface area contributed by atoms with E-state index in [4.69, 9.17) is 0 Å². The van der Waals surface area contributed by atoms with Crippen LogP contribution in [0.1, 0.15) is 32.3 Å². The lowest BCUT2D eigenvalue weighted by Crippen LogP contribution is -2.38. The molecule has 0 saturated carbocycles. The van der Waals surface area contributed by atoms with Gasteiger partial charge in [-0.15, -0.1) is 0 Å². The highest BCUT2D eigenvalue weighted by Gasteiger charge is 2.31. The van der Waals surface area contributed by atoms with E-state index < -0.39 is 0 Å². The number of benzene rings is 2. The fraction of sp³-hybridized carbons (Fsp3) is 0.333. The van der Waals surface area contributed by atoms with Crippen LogP contribution in [0.25, 0.3) is 16.3 Å². The van der Waals surface area contributed by atoms with E-state index in [2.05, 4.69) is 46.7 Å². The third-order valence-electron chi connectivity index (χ3n) is 6.97. The predicted molar refractivity (Wildman–Crippen MR) is 130 cm³/mol. The molecule has 0 unspecified atom stereocenters. The summed E-state index contributed by atoms with van der Waals surface area (Å²) >= 11 is 0. The standard InChI is InChI=1S/C27H28N4O2/c1-19-15-31(25(17-32)27(19)24-9-5-7-22-6-3-4-8-23(22)24)26-14-28-18-30(26)16-21-10-12-29(13-11-21)20(2)33/h3-9,14,18,21H,10-13,15-16H2,1-2H3. The van der Waals surface area contributed by atoms with E-state index >= 15 is 0 Å². The summed E-state index contributed by atoms with van der Waals surface area (Å²) in [5, 5.41) is 2.29. The maximum absolute atomic E-state index is 12.3. The van der Waals surface area contributed by atoms with E-state index in [1.807, 2.05) is 40.5 Å². The lowest BCUT2D eigenvalue weighted by Gasteiger charge is -2.32. The minimum atomic E-state index is 0.150. The van der Waals surface area contributed by atoms with Crippen molar-refractivity contribution in [1.29, 1.82) is 0 Å². The molecule has 1 amide bonds. The second-order valence-corrected chi connectivity index (χ2v) is 9.07. The average Bonchev–Trinajstić information content (AvgIpc) is 3.42. The van der Waals surface area contributed by atoms with Crippen LogP contribution in [-0.4, -0.2) is 45.9 Å².